The van der Waals surface area contributed by atoms with Crippen molar-refractivity contribution in [2.24, 2.45) is 0 Å². The summed E-state index contributed by atoms with van der Waals surface area (Å²) >= 11 is 0.760. The van der Waals surface area contributed by atoms with Crippen molar-refractivity contribution >= 4 is 27.2 Å². The van der Waals surface area contributed by atoms with Gasteiger partial charge in [-0.25, -0.2) is 0 Å². The van der Waals surface area contributed by atoms with Crippen molar-refractivity contribution < 1.29 is 48.7 Å². The van der Waals surface area contributed by atoms with Gasteiger partial charge in [0.05, 0.1) is 4.88 Å². The second-order valence-corrected chi connectivity index (χ2v) is 4.88. The topological polar surface area (TPSA) is 71.4 Å². The largest absolute Gasteiger partial charge is 1.00 e. The molecule has 1 N–H and O–H groups in total. The number of Topliss-reactive ketones (excluding diaryl/α,β-unsaturated/α-hetero) is 1. The summed E-state index contributed by atoms with van der Waals surface area (Å²) in [6.07, 6.45) is 0. The Labute approximate surface area is 103 Å². The number of carbonyl (C=O) groups excluding carboxylic acids is 1. The molecule has 0 aliphatic heterocycles. The Kier molecular flexibility index (Phi) is 4.78. The van der Waals surface area contributed by atoms with Crippen LogP contribution in [0, 0.1) is 0 Å². The average Bonchev–Trinajstić information content (AvgIpc) is 2.30. The van der Waals surface area contributed by atoms with Gasteiger partial charge in [-0.05, 0) is 19.1 Å². The molecule has 0 spiro atoms. The van der Waals surface area contributed by atoms with Gasteiger partial charge in [0.15, 0.2) is 5.78 Å². The van der Waals surface area contributed by atoms with E-state index in [2.05, 4.69) is 0 Å². The molecule has 0 aromatic carbocycles. The van der Waals surface area contributed by atoms with E-state index in [4.69, 9.17) is 4.55 Å². The van der Waals surface area contributed by atoms with Crippen LogP contribution < -0.4 is 29.6 Å². The first-order chi connectivity index (χ1) is 5.41. The van der Waals surface area contributed by atoms with E-state index in [9.17, 15) is 13.2 Å². The van der Waals surface area contributed by atoms with Crippen molar-refractivity contribution in [3.05, 3.63) is 17.0 Å². The molecule has 1 rings (SSSR count). The zero-order valence-corrected chi connectivity index (χ0v) is 10.8. The van der Waals surface area contributed by atoms with Gasteiger partial charge in [-0.2, -0.15) is 8.42 Å². The van der Waals surface area contributed by atoms with E-state index in [1.165, 1.54) is 19.1 Å². The quantitative estimate of drug-likeness (QED) is 0.374. The van der Waals surface area contributed by atoms with Crippen molar-refractivity contribution in [2.75, 3.05) is 0 Å². The molecule has 0 fully saturated rings. The predicted molar refractivity (Wildman–Crippen MR) is 45.3 cm³/mol. The molecule has 4 nitrogen and oxygen atoms in total. The van der Waals surface area contributed by atoms with Crippen LogP contribution in [-0.2, 0) is 10.1 Å². The molecule has 0 unspecified atom stereocenters. The molecule has 0 radical (unpaired) electrons. The van der Waals surface area contributed by atoms with Crippen LogP contribution in [0.1, 0.15) is 18.0 Å². The third kappa shape index (κ3) is 3.49. The molecule has 0 aliphatic carbocycles. The van der Waals surface area contributed by atoms with Gasteiger partial charge in [-0.1, -0.05) is 0 Å². The fourth-order valence-electron chi connectivity index (χ4n) is 0.648. The van der Waals surface area contributed by atoms with Crippen molar-refractivity contribution in [3.63, 3.8) is 0 Å². The van der Waals surface area contributed by atoms with Crippen LogP contribution in [0.3, 0.4) is 0 Å². The molecular formula is C6H7NaO4S2. The van der Waals surface area contributed by atoms with E-state index in [1.807, 2.05) is 0 Å². The zero-order chi connectivity index (χ0) is 9.35. The van der Waals surface area contributed by atoms with E-state index >= 15 is 0 Å². The zero-order valence-electron chi connectivity index (χ0n) is 8.14. The molecule has 0 aliphatic rings. The number of thiophene rings is 1. The molecule has 13 heavy (non-hydrogen) atoms. The van der Waals surface area contributed by atoms with Crippen molar-refractivity contribution in [1.29, 1.82) is 0 Å². The van der Waals surface area contributed by atoms with Crippen LogP contribution in [-0.4, -0.2) is 18.8 Å². The minimum atomic E-state index is -4.15. The number of hydrogen-bond acceptors (Lipinski definition) is 4. The van der Waals surface area contributed by atoms with E-state index < -0.39 is 10.1 Å². The number of hydrogen-bond donors (Lipinski definition) is 1. The Balaban J connectivity index is 0. The van der Waals surface area contributed by atoms with Crippen LogP contribution in [0.15, 0.2) is 16.3 Å². The van der Waals surface area contributed by atoms with E-state index in [1.54, 1.807) is 0 Å². The number of carbonyl (C=O) groups is 1. The smallest absolute Gasteiger partial charge is 1.00 e. The third-order valence-corrected chi connectivity index (χ3v) is 3.69. The van der Waals surface area contributed by atoms with Crippen LogP contribution in [0.25, 0.3) is 0 Å². The molecule has 0 saturated carbocycles. The standard InChI is InChI=1S/C6H6O4S2.Na.H/c1-4(7)5-2-3-6(11-5)12(8,9)10;;/h2-3H,1H3,(H,8,9,10);;/q;+1;-1. The van der Waals surface area contributed by atoms with E-state index in [0.29, 0.717) is 4.88 Å². The maximum absolute atomic E-state index is 10.7. The summed E-state index contributed by atoms with van der Waals surface area (Å²) in [7, 11) is -4.15. The monoisotopic (exact) mass is 230 g/mol. The molecule has 0 saturated heterocycles. The predicted octanol–water partition coefficient (Wildman–Crippen LogP) is -1.69. The van der Waals surface area contributed by atoms with Crippen LogP contribution in [0.2, 0.25) is 0 Å². The number of ketones is 1. The van der Waals surface area contributed by atoms with Gasteiger partial charge in [-0.3, -0.25) is 9.35 Å². The van der Waals surface area contributed by atoms with Gasteiger partial charge < -0.3 is 1.43 Å². The molecule has 68 valence electrons. The summed E-state index contributed by atoms with van der Waals surface area (Å²) in [5, 5.41) is 0. The van der Waals surface area contributed by atoms with E-state index in [-0.39, 0.29) is 41.0 Å². The summed E-state index contributed by atoms with van der Waals surface area (Å²) in [6, 6.07) is 2.58. The summed E-state index contributed by atoms with van der Waals surface area (Å²) in [5.41, 5.74) is 0. The van der Waals surface area contributed by atoms with Gasteiger partial charge >= 0.3 is 39.7 Å². The second kappa shape index (κ2) is 4.68. The Morgan fingerprint density at radius 1 is 1.54 bits per heavy atom. The van der Waals surface area contributed by atoms with Crippen molar-refractivity contribution in [3.8, 4) is 0 Å². The molecule has 0 atom stereocenters. The molecular weight excluding hydrogens is 223 g/mol. The molecule has 1 heterocycles. The number of rotatable bonds is 2. The first kappa shape index (κ1) is 13.3. The van der Waals surface area contributed by atoms with Crippen LogP contribution >= 0.6 is 11.3 Å². The molecule has 0 amide bonds. The SMILES string of the molecule is CC(=O)c1ccc(S(=O)(=O)O)s1.[H-].[Na+]. The fourth-order valence-corrected chi connectivity index (χ4v) is 2.21. The maximum atomic E-state index is 10.7. The second-order valence-electron chi connectivity index (χ2n) is 2.15. The molecule has 0 bridgehead atoms. The average molecular weight is 230 g/mol. The van der Waals surface area contributed by atoms with Crippen molar-refractivity contribution in [1.82, 2.24) is 0 Å². The molecule has 7 heteroatoms. The molecule has 1 aromatic heterocycles. The van der Waals surface area contributed by atoms with E-state index in [0.717, 1.165) is 11.3 Å². The summed E-state index contributed by atoms with van der Waals surface area (Å²) < 4.78 is 29.4. The van der Waals surface area contributed by atoms with Gasteiger partial charge in [0.25, 0.3) is 0 Å². The normalized spacial score (nSPS) is 10.6. The minimum absolute atomic E-state index is 0. The van der Waals surface area contributed by atoms with Gasteiger partial charge in [0.2, 0.25) is 0 Å². The Hall–Kier alpha value is 0.280. The first-order valence-electron chi connectivity index (χ1n) is 2.99. The van der Waals surface area contributed by atoms with Gasteiger partial charge in [0.1, 0.15) is 4.21 Å². The third-order valence-electron chi connectivity index (χ3n) is 1.18. The Morgan fingerprint density at radius 3 is 2.31 bits per heavy atom. The summed E-state index contributed by atoms with van der Waals surface area (Å²) in [5.74, 6) is -0.213. The van der Waals surface area contributed by atoms with Crippen LogP contribution in [0.5, 0.6) is 0 Å². The van der Waals surface area contributed by atoms with Crippen molar-refractivity contribution in [2.45, 2.75) is 11.1 Å². The minimum Gasteiger partial charge on any atom is -1.00 e. The summed E-state index contributed by atoms with van der Waals surface area (Å²) in [6.45, 7) is 1.33. The Bertz CT molecular complexity index is 411. The van der Waals surface area contributed by atoms with Gasteiger partial charge in [0, 0.05) is 0 Å². The molecule has 1 aromatic rings. The Morgan fingerprint density at radius 2 is 2.08 bits per heavy atom. The van der Waals surface area contributed by atoms with Gasteiger partial charge in [-0.15, -0.1) is 11.3 Å². The fraction of sp³-hybridized carbons (Fsp3) is 0.167. The van der Waals surface area contributed by atoms with Crippen LogP contribution in [0.4, 0.5) is 0 Å². The summed E-state index contributed by atoms with van der Waals surface area (Å²) in [4.78, 5) is 11.0. The maximum Gasteiger partial charge on any atom is 1.00 e. The first-order valence-corrected chi connectivity index (χ1v) is 5.25.